The van der Waals surface area contributed by atoms with Crippen molar-refractivity contribution in [2.45, 2.75) is 58.5 Å². The third kappa shape index (κ3) is 5.60. The second-order valence-corrected chi connectivity index (χ2v) is 8.90. The van der Waals surface area contributed by atoms with E-state index in [2.05, 4.69) is 5.32 Å². The molecule has 2 aromatic carbocycles. The maximum absolute atomic E-state index is 12.9. The summed E-state index contributed by atoms with van der Waals surface area (Å²) in [6.45, 7) is 7.66. The van der Waals surface area contributed by atoms with Crippen molar-refractivity contribution in [1.82, 2.24) is 10.2 Å². The molecule has 1 aliphatic heterocycles. The molecule has 1 aliphatic rings. The van der Waals surface area contributed by atoms with E-state index in [9.17, 15) is 22.8 Å². The largest absolute Gasteiger partial charge is 0.444 e. The molecule has 2 amide bonds. The van der Waals surface area contributed by atoms with E-state index in [1.54, 1.807) is 32.6 Å². The lowest BCUT2D eigenvalue weighted by atomic mass is 9.90. The van der Waals surface area contributed by atoms with Gasteiger partial charge in [0.1, 0.15) is 11.6 Å². The number of halogens is 3. The highest BCUT2D eigenvalue weighted by Gasteiger charge is 2.31. The van der Waals surface area contributed by atoms with Crippen molar-refractivity contribution < 1.29 is 27.5 Å². The molecule has 0 saturated heterocycles. The zero-order chi connectivity index (χ0) is 23.7. The van der Waals surface area contributed by atoms with Crippen molar-refractivity contribution in [1.29, 1.82) is 0 Å². The Balaban J connectivity index is 1.73. The summed E-state index contributed by atoms with van der Waals surface area (Å²) >= 11 is 0. The monoisotopic (exact) mass is 448 g/mol. The molecule has 0 saturated carbocycles. The van der Waals surface area contributed by atoms with Gasteiger partial charge in [-0.1, -0.05) is 30.3 Å². The molecule has 3 rings (SSSR count). The van der Waals surface area contributed by atoms with Crippen molar-refractivity contribution >= 4 is 12.0 Å². The van der Waals surface area contributed by atoms with Crippen LogP contribution in [0.2, 0.25) is 0 Å². The van der Waals surface area contributed by atoms with E-state index in [1.165, 1.54) is 12.1 Å². The molecule has 0 fully saturated rings. The molecule has 172 valence electrons. The van der Waals surface area contributed by atoms with Crippen molar-refractivity contribution in [3.05, 3.63) is 59.2 Å². The number of rotatable bonds is 3. The van der Waals surface area contributed by atoms with Gasteiger partial charge in [0.15, 0.2) is 0 Å². The smallest absolute Gasteiger partial charge is 0.416 e. The van der Waals surface area contributed by atoms with Crippen molar-refractivity contribution in [3.63, 3.8) is 0 Å². The van der Waals surface area contributed by atoms with Crippen LogP contribution in [0.1, 0.15) is 44.4 Å². The Morgan fingerprint density at radius 3 is 2.31 bits per heavy atom. The first kappa shape index (κ1) is 23.6. The number of amides is 2. The van der Waals surface area contributed by atoms with Gasteiger partial charge < -0.3 is 15.0 Å². The lowest BCUT2D eigenvalue weighted by Gasteiger charge is -2.32. The summed E-state index contributed by atoms with van der Waals surface area (Å²) in [4.78, 5) is 26.5. The van der Waals surface area contributed by atoms with Crippen LogP contribution in [0.15, 0.2) is 42.5 Å². The van der Waals surface area contributed by atoms with E-state index >= 15 is 0 Å². The van der Waals surface area contributed by atoms with Gasteiger partial charge >= 0.3 is 12.3 Å². The Bertz CT molecular complexity index is 995. The zero-order valence-electron chi connectivity index (χ0n) is 18.5. The number of hydrogen-bond donors (Lipinski definition) is 1. The van der Waals surface area contributed by atoms with Gasteiger partial charge in [0.05, 0.1) is 5.56 Å². The van der Waals surface area contributed by atoms with Crippen LogP contribution in [0.4, 0.5) is 18.0 Å². The van der Waals surface area contributed by atoms with Gasteiger partial charge in [0.2, 0.25) is 5.91 Å². The number of nitrogens with zero attached hydrogens (tertiary/aromatic N) is 1. The summed E-state index contributed by atoms with van der Waals surface area (Å²) in [5.74, 6) is -0.221. The summed E-state index contributed by atoms with van der Waals surface area (Å²) in [5, 5.41) is 2.57. The van der Waals surface area contributed by atoms with E-state index in [1.807, 2.05) is 18.2 Å². The highest BCUT2D eigenvalue weighted by Crippen LogP contribution is 2.34. The molecule has 0 radical (unpaired) electrons. The summed E-state index contributed by atoms with van der Waals surface area (Å²) in [7, 11) is 0. The highest BCUT2D eigenvalue weighted by molar-refractivity contribution is 5.85. The minimum absolute atomic E-state index is 0.221. The average Bonchev–Trinajstić information content (AvgIpc) is 2.70. The Kier molecular flexibility index (Phi) is 6.53. The van der Waals surface area contributed by atoms with Gasteiger partial charge in [-0.2, -0.15) is 13.2 Å². The molecule has 0 spiro atoms. The highest BCUT2D eigenvalue weighted by atomic mass is 19.4. The lowest BCUT2D eigenvalue weighted by Crippen LogP contribution is -2.49. The SMILES string of the molecule is C[C@@H](NC(=O)OC(C)(C)C)C(=O)N1CCc2c(cccc2-c2ccc(C(F)(F)F)cc2)C1. The topological polar surface area (TPSA) is 58.6 Å². The molecule has 5 nitrogen and oxygen atoms in total. The lowest BCUT2D eigenvalue weighted by molar-refractivity contribution is -0.137. The van der Waals surface area contributed by atoms with E-state index in [-0.39, 0.29) is 5.91 Å². The third-order valence-electron chi connectivity index (χ3n) is 5.20. The second-order valence-electron chi connectivity index (χ2n) is 8.90. The molecular formula is C24H27F3N2O3. The third-order valence-corrected chi connectivity index (χ3v) is 5.20. The molecule has 0 aromatic heterocycles. The number of carbonyl (C=O) groups excluding carboxylic acids is 2. The molecule has 0 bridgehead atoms. The normalized spacial score (nSPS) is 15.0. The van der Waals surface area contributed by atoms with Crippen molar-refractivity contribution in [2.24, 2.45) is 0 Å². The summed E-state index contributed by atoms with van der Waals surface area (Å²) in [5.41, 5.74) is 2.17. The van der Waals surface area contributed by atoms with E-state index < -0.39 is 29.5 Å². The number of carbonyl (C=O) groups is 2. The van der Waals surface area contributed by atoms with Gasteiger partial charge in [-0.25, -0.2) is 4.79 Å². The van der Waals surface area contributed by atoms with Gasteiger partial charge in [-0.3, -0.25) is 4.79 Å². The maximum atomic E-state index is 12.9. The first-order valence-electron chi connectivity index (χ1n) is 10.4. The molecule has 1 N–H and O–H groups in total. The van der Waals surface area contributed by atoms with Gasteiger partial charge in [0.25, 0.3) is 0 Å². The minimum Gasteiger partial charge on any atom is -0.444 e. The first-order chi connectivity index (χ1) is 14.8. The molecule has 1 heterocycles. The minimum atomic E-state index is -4.38. The Hall–Kier alpha value is -3.03. The molecule has 1 atom stereocenters. The van der Waals surface area contributed by atoms with Crippen LogP contribution in [0.3, 0.4) is 0 Å². The number of ether oxygens (including phenoxy) is 1. The van der Waals surface area contributed by atoms with Crippen LogP contribution < -0.4 is 5.32 Å². The fourth-order valence-electron chi connectivity index (χ4n) is 3.73. The first-order valence-corrected chi connectivity index (χ1v) is 10.4. The number of fused-ring (bicyclic) bond motifs is 1. The average molecular weight is 448 g/mol. The maximum Gasteiger partial charge on any atom is 0.416 e. The summed E-state index contributed by atoms with van der Waals surface area (Å²) < 4.78 is 43.8. The number of hydrogen-bond acceptors (Lipinski definition) is 3. The number of alkyl carbamates (subject to hydrolysis) is 1. The molecule has 8 heteroatoms. The van der Waals surface area contributed by atoms with Crippen LogP contribution in [-0.2, 0) is 28.7 Å². The van der Waals surface area contributed by atoms with Crippen LogP contribution >= 0.6 is 0 Å². The van der Waals surface area contributed by atoms with Crippen molar-refractivity contribution in [3.8, 4) is 11.1 Å². The predicted molar refractivity (Wildman–Crippen MR) is 115 cm³/mol. The predicted octanol–water partition coefficient (Wildman–Crippen LogP) is 5.17. The van der Waals surface area contributed by atoms with Gasteiger partial charge in [-0.15, -0.1) is 0 Å². The quantitative estimate of drug-likeness (QED) is 0.705. The Morgan fingerprint density at radius 1 is 1.06 bits per heavy atom. The number of nitrogens with one attached hydrogen (secondary N) is 1. The fourth-order valence-corrected chi connectivity index (χ4v) is 3.73. The Labute approximate surface area is 185 Å². The fraction of sp³-hybridized carbons (Fsp3) is 0.417. The molecule has 0 aliphatic carbocycles. The standard InChI is InChI=1S/C24H27F3N2O3/c1-15(28-22(31)32-23(2,3)4)21(30)29-13-12-20-17(14-29)6-5-7-19(20)16-8-10-18(11-9-16)24(25,26)27/h5-11,15H,12-14H2,1-4H3,(H,28,31)/t15-/m1/s1. The summed E-state index contributed by atoms with van der Waals surface area (Å²) in [6.07, 6.45) is -4.46. The van der Waals surface area contributed by atoms with Gasteiger partial charge in [-0.05, 0) is 68.5 Å². The van der Waals surface area contributed by atoms with Gasteiger partial charge in [0, 0.05) is 13.1 Å². The van der Waals surface area contributed by atoms with Crippen LogP contribution in [0, 0.1) is 0 Å². The molecule has 2 aromatic rings. The zero-order valence-corrected chi connectivity index (χ0v) is 18.5. The Morgan fingerprint density at radius 2 is 1.72 bits per heavy atom. The molecule has 32 heavy (non-hydrogen) atoms. The summed E-state index contributed by atoms with van der Waals surface area (Å²) in [6, 6.07) is 9.99. The van der Waals surface area contributed by atoms with Crippen LogP contribution in [0.25, 0.3) is 11.1 Å². The van der Waals surface area contributed by atoms with E-state index in [4.69, 9.17) is 4.74 Å². The number of benzene rings is 2. The van der Waals surface area contributed by atoms with Crippen LogP contribution in [-0.4, -0.2) is 35.1 Å². The molecular weight excluding hydrogens is 421 g/mol. The van der Waals surface area contributed by atoms with E-state index in [0.29, 0.717) is 25.1 Å². The second kappa shape index (κ2) is 8.84. The van der Waals surface area contributed by atoms with E-state index in [0.717, 1.165) is 28.8 Å². The van der Waals surface area contributed by atoms with Crippen molar-refractivity contribution in [2.75, 3.05) is 6.54 Å². The number of alkyl halides is 3. The molecule has 0 unspecified atom stereocenters. The van der Waals surface area contributed by atoms with Crippen LogP contribution in [0.5, 0.6) is 0 Å².